The lowest BCUT2D eigenvalue weighted by Crippen LogP contribution is -2.41. The molecule has 1 saturated carbocycles. The monoisotopic (exact) mass is 313 g/mol. The van der Waals surface area contributed by atoms with Crippen LogP contribution in [0.25, 0.3) is 0 Å². The van der Waals surface area contributed by atoms with Gasteiger partial charge in [-0.15, -0.1) is 0 Å². The number of aromatic nitrogens is 1. The van der Waals surface area contributed by atoms with Gasteiger partial charge in [-0.05, 0) is 30.7 Å². The maximum absolute atomic E-state index is 12.6. The first-order valence-corrected chi connectivity index (χ1v) is 9.20. The number of rotatable bonds is 6. The van der Waals surface area contributed by atoms with Crippen molar-refractivity contribution < 1.29 is 8.42 Å². The molecule has 2 rings (SSSR count). The number of hydrogen-bond donors (Lipinski definition) is 2. The predicted octanol–water partition coefficient (Wildman–Crippen LogP) is 2.21. The Balaban J connectivity index is 2.23. The van der Waals surface area contributed by atoms with Crippen molar-refractivity contribution in [3.05, 3.63) is 18.0 Å². The largest absolute Gasteiger partial charge is 0.349 e. The molecule has 0 bridgehead atoms. The molecule has 120 valence electrons. The van der Waals surface area contributed by atoms with Crippen LogP contribution in [-0.4, -0.2) is 19.0 Å². The lowest BCUT2D eigenvalue weighted by Gasteiger charge is -2.27. The molecular formula is C15H27N3O2S. The molecule has 1 atom stereocenters. The Kier molecular flexibility index (Phi) is 4.80. The zero-order valence-corrected chi connectivity index (χ0v) is 14.0. The average Bonchev–Trinajstić information content (AvgIpc) is 2.94. The lowest BCUT2D eigenvalue weighted by molar-refractivity contribution is 0.313. The fourth-order valence-electron chi connectivity index (χ4n) is 3.09. The van der Waals surface area contributed by atoms with Crippen molar-refractivity contribution in [1.82, 2.24) is 9.29 Å². The van der Waals surface area contributed by atoms with E-state index >= 15 is 0 Å². The lowest BCUT2D eigenvalue weighted by atomic mass is 9.88. The van der Waals surface area contributed by atoms with Crippen LogP contribution in [0, 0.1) is 5.41 Å². The van der Waals surface area contributed by atoms with Crippen LogP contribution in [0.4, 0.5) is 0 Å². The molecule has 1 aliphatic carbocycles. The van der Waals surface area contributed by atoms with Gasteiger partial charge in [0, 0.05) is 31.0 Å². The molecule has 0 saturated heterocycles. The zero-order chi connectivity index (χ0) is 15.7. The molecule has 1 heterocycles. The van der Waals surface area contributed by atoms with E-state index in [0.717, 1.165) is 37.9 Å². The Bertz CT molecular complexity index is 590. The standard InChI is InChI=1S/C15H27N3O2S/c1-4-8-18-11-13(9-12(18)10-16)21(19,20)17-14-6-5-7-15(14,2)3/h9,11,14,17H,4-8,10,16H2,1-3H3. The van der Waals surface area contributed by atoms with Gasteiger partial charge in [-0.25, -0.2) is 13.1 Å². The van der Waals surface area contributed by atoms with Crippen LogP contribution < -0.4 is 10.5 Å². The van der Waals surface area contributed by atoms with Gasteiger partial charge in [0.15, 0.2) is 0 Å². The van der Waals surface area contributed by atoms with Gasteiger partial charge in [0.25, 0.3) is 0 Å². The number of nitrogens with zero attached hydrogens (tertiary/aromatic N) is 1. The summed E-state index contributed by atoms with van der Waals surface area (Å²) in [7, 11) is -3.47. The molecule has 1 aliphatic rings. The Hall–Kier alpha value is -0.850. The molecule has 0 amide bonds. The van der Waals surface area contributed by atoms with Crippen molar-refractivity contribution in [1.29, 1.82) is 0 Å². The second-order valence-electron chi connectivity index (χ2n) is 6.62. The number of aryl methyl sites for hydroxylation is 1. The molecular weight excluding hydrogens is 286 g/mol. The molecule has 1 aromatic heterocycles. The first-order chi connectivity index (χ1) is 9.80. The summed E-state index contributed by atoms with van der Waals surface area (Å²) in [4.78, 5) is 0.332. The van der Waals surface area contributed by atoms with E-state index in [-0.39, 0.29) is 11.5 Å². The first-order valence-electron chi connectivity index (χ1n) is 7.71. The smallest absolute Gasteiger partial charge is 0.242 e. The summed E-state index contributed by atoms with van der Waals surface area (Å²) < 4.78 is 30.0. The third kappa shape index (κ3) is 3.49. The van der Waals surface area contributed by atoms with Crippen LogP contribution in [0.15, 0.2) is 17.2 Å². The normalized spacial score (nSPS) is 21.8. The Morgan fingerprint density at radius 3 is 2.71 bits per heavy atom. The number of hydrogen-bond acceptors (Lipinski definition) is 3. The Morgan fingerprint density at radius 2 is 2.19 bits per heavy atom. The molecule has 3 N–H and O–H groups in total. The molecule has 1 aromatic rings. The highest BCUT2D eigenvalue weighted by atomic mass is 32.2. The molecule has 0 spiro atoms. The van der Waals surface area contributed by atoms with Crippen LogP contribution in [-0.2, 0) is 23.1 Å². The average molecular weight is 313 g/mol. The zero-order valence-electron chi connectivity index (χ0n) is 13.2. The highest BCUT2D eigenvalue weighted by molar-refractivity contribution is 7.89. The number of nitrogens with one attached hydrogen (secondary N) is 1. The Labute approximate surface area is 128 Å². The maximum atomic E-state index is 12.6. The van der Waals surface area contributed by atoms with Gasteiger partial charge in [-0.2, -0.15) is 0 Å². The molecule has 5 nitrogen and oxygen atoms in total. The molecule has 0 aliphatic heterocycles. The second kappa shape index (κ2) is 6.10. The first kappa shape index (κ1) is 16.5. The maximum Gasteiger partial charge on any atom is 0.242 e. The quantitative estimate of drug-likeness (QED) is 0.845. The minimum atomic E-state index is -3.47. The fraction of sp³-hybridized carbons (Fsp3) is 0.733. The van der Waals surface area contributed by atoms with Gasteiger partial charge in [-0.3, -0.25) is 0 Å². The van der Waals surface area contributed by atoms with Crippen LogP contribution in [0.1, 0.15) is 52.1 Å². The van der Waals surface area contributed by atoms with E-state index in [1.54, 1.807) is 12.3 Å². The minimum Gasteiger partial charge on any atom is -0.349 e. The van der Waals surface area contributed by atoms with Crippen molar-refractivity contribution >= 4 is 10.0 Å². The van der Waals surface area contributed by atoms with Gasteiger partial charge in [-0.1, -0.05) is 27.2 Å². The van der Waals surface area contributed by atoms with Crippen LogP contribution >= 0.6 is 0 Å². The summed E-state index contributed by atoms with van der Waals surface area (Å²) in [6, 6.07) is 1.71. The fourth-order valence-corrected chi connectivity index (χ4v) is 4.60. The summed E-state index contributed by atoms with van der Waals surface area (Å²) in [6.45, 7) is 7.46. The molecule has 6 heteroatoms. The number of nitrogens with two attached hydrogens (primary N) is 1. The summed E-state index contributed by atoms with van der Waals surface area (Å²) >= 11 is 0. The summed E-state index contributed by atoms with van der Waals surface area (Å²) in [5, 5.41) is 0. The van der Waals surface area contributed by atoms with Gasteiger partial charge >= 0.3 is 0 Å². The van der Waals surface area contributed by atoms with Crippen molar-refractivity contribution in [2.75, 3.05) is 0 Å². The van der Waals surface area contributed by atoms with Crippen molar-refractivity contribution in [2.24, 2.45) is 11.1 Å². The third-order valence-corrected chi connectivity index (χ3v) is 5.94. The van der Waals surface area contributed by atoms with Crippen LogP contribution in [0.5, 0.6) is 0 Å². The Morgan fingerprint density at radius 1 is 1.48 bits per heavy atom. The topological polar surface area (TPSA) is 77.1 Å². The number of sulfonamides is 1. The summed E-state index contributed by atoms with van der Waals surface area (Å²) in [5.74, 6) is 0. The van der Waals surface area contributed by atoms with Crippen LogP contribution in [0.3, 0.4) is 0 Å². The van der Waals surface area contributed by atoms with Gasteiger partial charge in [0.2, 0.25) is 10.0 Å². The summed E-state index contributed by atoms with van der Waals surface area (Å²) in [5.41, 5.74) is 6.60. The van der Waals surface area contributed by atoms with E-state index in [1.165, 1.54) is 0 Å². The molecule has 1 unspecified atom stereocenters. The minimum absolute atomic E-state index is 0.0124. The van der Waals surface area contributed by atoms with Crippen molar-refractivity contribution in [3.8, 4) is 0 Å². The van der Waals surface area contributed by atoms with Crippen molar-refractivity contribution in [3.63, 3.8) is 0 Å². The van der Waals surface area contributed by atoms with E-state index in [0.29, 0.717) is 11.4 Å². The van der Waals surface area contributed by atoms with E-state index in [1.807, 2.05) is 4.57 Å². The van der Waals surface area contributed by atoms with E-state index in [4.69, 9.17) is 5.73 Å². The predicted molar refractivity (Wildman–Crippen MR) is 84.4 cm³/mol. The third-order valence-electron chi connectivity index (χ3n) is 4.50. The second-order valence-corrected chi connectivity index (χ2v) is 8.33. The molecule has 0 aromatic carbocycles. The van der Waals surface area contributed by atoms with E-state index < -0.39 is 10.0 Å². The van der Waals surface area contributed by atoms with Gasteiger partial charge < -0.3 is 10.3 Å². The highest BCUT2D eigenvalue weighted by Gasteiger charge is 2.37. The summed E-state index contributed by atoms with van der Waals surface area (Å²) in [6.07, 6.45) is 5.70. The van der Waals surface area contributed by atoms with Crippen molar-refractivity contribution in [2.45, 2.75) is 70.5 Å². The molecule has 21 heavy (non-hydrogen) atoms. The van der Waals surface area contributed by atoms with E-state index in [9.17, 15) is 8.42 Å². The van der Waals surface area contributed by atoms with E-state index in [2.05, 4.69) is 25.5 Å². The van der Waals surface area contributed by atoms with Gasteiger partial charge in [0.05, 0.1) is 4.90 Å². The molecule has 0 radical (unpaired) electrons. The highest BCUT2D eigenvalue weighted by Crippen LogP contribution is 2.38. The molecule has 1 fully saturated rings. The van der Waals surface area contributed by atoms with Gasteiger partial charge in [0.1, 0.15) is 0 Å². The van der Waals surface area contributed by atoms with Crippen LogP contribution in [0.2, 0.25) is 0 Å². The SMILES string of the molecule is CCCn1cc(S(=O)(=O)NC2CCCC2(C)C)cc1CN.